The van der Waals surface area contributed by atoms with E-state index in [9.17, 15) is 4.79 Å². The molecule has 0 aliphatic rings. The molecular weight excluding hydrogens is 272 g/mol. The van der Waals surface area contributed by atoms with Crippen LogP contribution in [-0.4, -0.2) is 60.9 Å². The van der Waals surface area contributed by atoms with Gasteiger partial charge < -0.3 is 24.3 Å². The summed E-state index contributed by atoms with van der Waals surface area (Å²) in [6.07, 6.45) is 3.27. The molecule has 2 aromatic rings. The van der Waals surface area contributed by atoms with Crippen molar-refractivity contribution in [2.75, 3.05) is 41.0 Å². The average Bonchev–Trinajstić information content (AvgIpc) is 2.84. The number of ether oxygens (including phenoxy) is 2. The van der Waals surface area contributed by atoms with Crippen molar-refractivity contribution < 1.29 is 9.47 Å². The van der Waals surface area contributed by atoms with E-state index in [1.165, 1.54) is 6.33 Å². The SMILES string of the molecule is COCC(COC)CN(C)Cc1c[nH]c2c(=O)[nH]cnc12. The van der Waals surface area contributed by atoms with Crippen LogP contribution in [0.5, 0.6) is 0 Å². The van der Waals surface area contributed by atoms with E-state index in [-0.39, 0.29) is 5.56 Å². The standard InChI is InChI=1S/C14H22N4O3/c1-18(5-10(7-20-2)8-21-3)6-11-4-15-13-12(11)16-9-17-14(13)19/h4,9-10,15H,5-8H2,1-3H3,(H,16,17,19). The molecule has 0 unspecified atom stereocenters. The van der Waals surface area contributed by atoms with Crippen molar-refractivity contribution in [3.63, 3.8) is 0 Å². The van der Waals surface area contributed by atoms with Crippen molar-refractivity contribution in [3.8, 4) is 0 Å². The van der Waals surface area contributed by atoms with Crippen molar-refractivity contribution in [1.29, 1.82) is 0 Å². The average molecular weight is 294 g/mol. The van der Waals surface area contributed by atoms with Crippen molar-refractivity contribution in [2.45, 2.75) is 6.54 Å². The third-order valence-electron chi connectivity index (χ3n) is 3.36. The van der Waals surface area contributed by atoms with Crippen LogP contribution in [0.15, 0.2) is 17.3 Å². The van der Waals surface area contributed by atoms with Crippen LogP contribution in [-0.2, 0) is 16.0 Å². The summed E-state index contributed by atoms with van der Waals surface area (Å²) in [6, 6.07) is 0. The minimum absolute atomic E-state index is 0.148. The first-order valence-electron chi connectivity index (χ1n) is 6.85. The van der Waals surface area contributed by atoms with Crippen LogP contribution in [0.1, 0.15) is 5.56 Å². The molecule has 0 saturated heterocycles. The van der Waals surface area contributed by atoms with Gasteiger partial charge in [0.2, 0.25) is 0 Å². The summed E-state index contributed by atoms with van der Waals surface area (Å²) in [4.78, 5) is 23.6. The van der Waals surface area contributed by atoms with E-state index in [1.807, 2.05) is 13.2 Å². The lowest BCUT2D eigenvalue weighted by atomic mass is 10.1. The molecule has 0 amide bonds. The molecule has 2 rings (SSSR count). The second-order valence-electron chi connectivity index (χ2n) is 5.24. The summed E-state index contributed by atoms with van der Waals surface area (Å²) in [5.41, 5.74) is 2.10. The van der Waals surface area contributed by atoms with Gasteiger partial charge >= 0.3 is 0 Å². The van der Waals surface area contributed by atoms with Crippen LogP contribution < -0.4 is 5.56 Å². The van der Waals surface area contributed by atoms with Gasteiger partial charge in [0.05, 0.1) is 25.1 Å². The molecule has 0 atom stereocenters. The maximum absolute atomic E-state index is 11.7. The van der Waals surface area contributed by atoms with Gasteiger partial charge in [-0.05, 0) is 7.05 Å². The fourth-order valence-corrected chi connectivity index (χ4v) is 2.55. The van der Waals surface area contributed by atoms with Gasteiger partial charge in [0.25, 0.3) is 5.56 Å². The number of aromatic amines is 2. The zero-order valence-corrected chi connectivity index (χ0v) is 12.7. The summed E-state index contributed by atoms with van der Waals surface area (Å²) in [5.74, 6) is 0.312. The molecule has 2 heterocycles. The highest BCUT2D eigenvalue weighted by Crippen LogP contribution is 2.14. The fourth-order valence-electron chi connectivity index (χ4n) is 2.55. The Morgan fingerprint density at radius 3 is 2.67 bits per heavy atom. The number of nitrogens with zero attached hydrogens (tertiary/aromatic N) is 2. The first-order valence-corrected chi connectivity index (χ1v) is 6.85. The van der Waals surface area contributed by atoms with E-state index in [0.717, 1.165) is 17.6 Å². The van der Waals surface area contributed by atoms with Gasteiger partial charge in [-0.1, -0.05) is 0 Å². The summed E-state index contributed by atoms with van der Waals surface area (Å²) in [7, 11) is 5.42. The van der Waals surface area contributed by atoms with Crippen LogP contribution in [0, 0.1) is 5.92 Å². The van der Waals surface area contributed by atoms with Crippen molar-refractivity contribution >= 4 is 11.0 Å². The van der Waals surface area contributed by atoms with Gasteiger partial charge in [-0.3, -0.25) is 4.79 Å². The first kappa shape index (κ1) is 15.7. The molecule has 116 valence electrons. The van der Waals surface area contributed by atoms with E-state index in [1.54, 1.807) is 14.2 Å². The van der Waals surface area contributed by atoms with E-state index in [2.05, 4.69) is 19.9 Å². The molecular formula is C14H22N4O3. The summed E-state index contributed by atoms with van der Waals surface area (Å²) < 4.78 is 10.4. The van der Waals surface area contributed by atoms with Gasteiger partial charge in [-0.25, -0.2) is 4.98 Å². The third-order valence-corrected chi connectivity index (χ3v) is 3.36. The molecule has 2 aromatic heterocycles. The molecule has 2 N–H and O–H groups in total. The molecule has 7 heteroatoms. The Morgan fingerprint density at radius 1 is 1.29 bits per heavy atom. The normalized spacial score (nSPS) is 11.9. The minimum atomic E-state index is -0.148. The molecule has 0 fully saturated rings. The van der Waals surface area contributed by atoms with Crippen LogP contribution in [0.25, 0.3) is 11.0 Å². The van der Waals surface area contributed by atoms with Crippen LogP contribution in [0.4, 0.5) is 0 Å². The molecule has 7 nitrogen and oxygen atoms in total. The number of rotatable bonds is 8. The predicted octanol–water partition coefficient (Wildman–Crippen LogP) is 0.592. The van der Waals surface area contributed by atoms with Gasteiger partial charge in [0, 0.05) is 45.0 Å². The van der Waals surface area contributed by atoms with E-state index in [4.69, 9.17) is 9.47 Å². The van der Waals surface area contributed by atoms with Gasteiger partial charge in [0.15, 0.2) is 0 Å². The third kappa shape index (κ3) is 3.90. The van der Waals surface area contributed by atoms with Crippen molar-refractivity contribution in [1.82, 2.24) is 19.9 Å². The summed E-state index contributed by atoms with van der Waals surface area (Å²) in [5, 5.41) is 0. The number of hydrogen-bond donors (Lipinski definition) is 2. The number of aromatic nitrogens is 3. The zero-order valence-electron chi connectivity index (χ0n) is 12.7. The van der Waals surface area contributed by atoms with Gasteiger partial charge in [-0.2, -0.15) is 0 Å². The van der Waals surface area contributed by atoms with Gasteiger partial charge in [-0.15, -0.1) is 0 Å². The monoisotopic (exact) mass is 294 g/mol. The largest absolute Gasteiger partial charge is 0.384 e. The Bertz CT molecular complexity index is 616. The van der Waals surface area contributed by atoms with E-state index in [0.29, 0.717) is 31.2 Å². The lowest BCUT2D eigenvalue weighted by Crippen LogP contribution is -2.30. The number of fused-ring (bicyclic) bond motifs is 1. The molecule has 0 aliphatic heterocycles. The smallest absolute Gasteiger partial charge is 0.275 e. The highest BCUT2D eigenvalue weighted by molar-refractivity contribution is 5.77. The Balaban J connectivity index is 2.05. The topological polar surface area (TPSA) is 83.2 Å². The molecule has 0 spiro atoms. The van der Waals surface area contributed by atoms with Crippen LogP contribution >= 0.6 is 0 Å². The second-order valence-corrected chi connectivity index (χ2v) is 5.24. The number of hydrogen-bond acceptors (Lipinski definition) is 5. The Hall–Kier alpha value is -1.70. The predicted molar refractivity (Wildman–Crippen MR) is 80.3 cm³/mol. The molecule has 0 saturated carbocycles. The zero-order chi connectivity index (χ0) is 15.2. The lowest BCUT2D eigenvalue weighted by molar-refractivity contribution is 0.0656. The Labute approximate surface area is 123 Å². The molecule has 21 heavy (non-hydrogen) atoms. The fraction of sp³-hybridized carbons (Fsp3) is 0.571. The Kier molecular flexibility index (Phi) is 5.49. The molecule has 0 aliphatic carbocycles. The van der Waals surface area contributed by atoms with E-state index >= 15 is 0 Å². The summed E-state index contributed by atoms with van der Waals surface area (Å²) >= 11 is 0. The van der Waals surface area contributed by atoms with Crippen LogP contribution in [0.2, 0.25) is 0 Å². The minimum Gasteiger partial charge on any atom is -0.384 e. The Morgan fingerprint density at radius 2 is 2.00 bits per heavy atom. The number of H-pyrrole nitrogens is 2. The second kappa shape index (κ2) is 7.35. The van der Waals surface area contributed by atoms with Gasteiger partial charge in [0.1, 0.15) is 5.52 Å². The first-order chi connectivity index (χ1) is 10.2. The number of methoxy groups -OCH3 is 2. The quantitative estimate of drug-likeness (QED) is 0.744. The summed E-state index contributed by atoms with van der Waals surface area (Å²) in [6.45, 7) is 2.87. The maximum Gasteiger partial charge on any atom is 0.275 e. The molecule has 0 aromatic carbocycles. The van der Waals surface area contributed by atoms with E-state index < -0.39 is 0 Å². The van der Waals surface area contributed by atoms with Crippen molar-refractivity contribution in [2.24, 2.45) is 5.92 Å². The highest BCUT2D eigenvalue weighted by atomic mass is 16.5. The number of nitrogens with one attached hydrogen (secondary N) is 2. The van der Waals surface area contributed by atoms with Crippen LogP contribution in [0.3, 0.4) is 0 Å². The highest BCUT2D eigenvalue weighted by Gasteiger charge is 2.14. The molecule has 0 radical (unpaired) electrons. The lowest BCUT2D eigenvalue weighted by Gasteiger charge is -2.22. The van der Waals surface area contributed by atoms with Crippen molar-refractivity contribution in [3.05, 3.63) is 28.4 Å². The maximum atomic E-state index is 11.7. The molecule has 0 bridgehead atoms.